The Kier molecular flexibility index (Phi) is 4.76. The lowest BCUT2D eigenvalue weighted by Crippen LogP contribution is -2.17. The third kappa shape index (κ3) is 3.23. The van der Waals surface area contributed by atoms with Crippen molar-refractivity contribution in [3.8, 4) is 0 Å². The molecule has 1 aliphatic rings. The second kappa shape index (κ2) is 6.97. The summed E-state index contributed by atoms with van der Waals surface area (Å²) in [6.45, 7) is 2.00. The lowest BCUT2D eigenvalue weighted by atomic mass is 9.94. The molecule has 124 valence electrons. The van der Waals surface area contributed by atoms with Gasteiger partial charge in [-0.2, -0.15) is 0 Å². The highest BCUT2D eigenvalue weighted by Gasteiger charge is 2.29. The first-order valence-corrected chi connectivity index (χ1v) is 8.61. The SMILES string of the molecule is CCOC(=O)c1c(NC(=O)c2ccccc2)sc2c1CCC(=O)C2. The number of ether oxygens (including phenoxy) is 1. The Morgan fingerprint density at radius 2 is 1.96 bits per heavy atom. The molecule has 0 aliphatic heterocycles. The Bertz CT molecular complexity index is 795. The van der Waals surface area contributed by atoms with Crippen molar-refractivity contribution in [3.63, 3.8) is 0 Å². The first kappa shape index (κ1) is 16.4. The van der Waals surface area contributed by atoms with E-state index in [1.165, 1.54) is 11.3 Å². The molecule has 2 aromatic rings. The van der Waals surface area contributed by atoms with E-state index in [-0.39, 0.29) is 18.3 Å². The lowest BCUT2D eigenvalue weighted by molar-refractivity contribution is -0.118. The molecule has 0 unspecified atom stereocenters. The molecular formula is C18H17NO4S. The monoisotopic (exact) mass is 343 g/mol. The fourth-order valence-electron chi connectivity index (χ4n) is 2.72. The number of rotatable bonds is 4. The van der Waals surface area contributed by atoms with E-state index in [0.717, 1.165) is 10.4 Å². The van der Waals surface area contributed by atoms with Gasteiger partial charge in [0.2, 0.25) is 0 Å². The van der Waals surface area contributed by atoms with E-state index in [2.05, 4.69) is 5.32 Å². The average Bonchev–Trinajstić information content (AvgIpc) is 2.92. The zero-order valence-electron chi connectivity index (χ0n) is 13.3. The van der Waals surface area contributed by atoms with Crippen molar-refractivity contribution >= 4 is 34.0 Å². The van der Waals surface area contributed by atoms with Gasteiger partial charge in [-0.3, -0.25) is 9.59 Å². The Morgan fingerprint density at radius 1 is 1.21 bits per heavy atom. The number of thiophene rings is 1. The van der Waals surface area contributed by atoms with Gasteiger partial charge in [0.25, 0.3) is 5.91 Å². The first-order chi connectivity index (χ1) is 11.6. The first-order valence-electron chi connectivity index (χ1n) is 7.80. The molecule has 5 nitrogen and oxygen atoms in total. The molecule has 1 aromatic carbocycles. The summed E-state index contributed by atoms with van der Waals surface area (Å²) in [6.07, 6.45) is 1.25. The van der Waals surface area contributed by atoms with Crippen molar-refractivity contribution in [1.82, 2.24) is 0 Å². The molecule has 0 spiro atoms. The molecule has 0 bridgehead atoms. The van der Waals surface area contributed by atoms with E-state index in [0.29, 0.717) is 35.4 Å². The van der Waals surface area contributed by atoms with E-state index in [1.54, 1.807) is 31.2 Å². The molecule has 0 saturated heterocycles. The molecule has 0 fully saturated rings. The van der Waals surface area contributed by atoms with Crippen LogP contribution in [0.25, 0.3) is 0 Å². The number of benzene rings is 1. The number of ketones is 1. The number of carbonyl (C=O) groups excluding carboxylic acids is 3. The molecule has 3 rings (SSSR count). The molecule has 1 aliphatic carbocycles. The summed E-state index contributed by atoms with van der Waals surface area (Å²) >= 11 is 1.29. The number of hydrogen-bond donors (Lipinski definition) is 1. The van der Waals surface area contributed by atoms with Gasteiger partial charge in [-0.1, -0.05) is 18.2 Å². The van der Waals surface area contributed by atoms with Crippen LogP contribution in [0.2, 0.25) is 0 Å². The van der Waals surface area contributed by atoms with E-state index in [1.807, 2.05) is 6.07 Å². The standard InChI is InChI=1S/C18H17NO4S/c1-2-23-18(22)15-13-9-8-12(20)10-14(13)24-17(15)19-16(21)11-6-4-3-5-7-11/h3-7H,2,8-10H2,1H3,(H,19,21). The number of Topliss-reactive ketones (excluding diaryl/α,β-unsaturated/α-hetero) is 1. The number of hydrogen-bond acceptors (Lipinski definition) is 5. The fourth-order valence-corrected chi connectivity index (χ4v) is 3.98. The van der Waals surface area contributed by atoms with Crippen LogP contribution in [0.15, 0.2) is 30.3 Å². The van der Waals surface area contributed by atoms with Gasteiger partial charge < -0.3 is 10.1 Å². The highest BCUT2D eigenvalue weighted by Crippen LogP contribution is 2.38. The minimum atomic E-state index is -0.451. The normalized spacial score (nSPS) is 13.3. The maximum absolute atomic E-state index is 12.4. The quantitative estimate of drug-likeness (QED) is 0.865. The smallest absolute Gasteiger partial charge is 0.341 e. The Morgan fingerprint density at radius 3 is 2.67 bits per heavy atom. The number of anilines is 1. The average molecular weight is 343 g/mol. The summed E-state index contributed by atoms with van der Waals surface area (Å²) in [4.78, 5) is 37.3. The Hall–Kier alpha value is -2.47. The highest BCUT2D eigenvalue weighted by atomic mass is 32.1. The van der Waals surface area contributed by atoms with Crippen molar-refractivity contribution in [2.24, 2.45) is 0 Å². The van der Waals surface area contributed by atoms with Crippen molar-refractivity contribution in [1.29, 1.82) is 0 Å². The van der Waals surface area contributed by atoms with Crippen LogP contribution in [0, 0.1) is 0 Å². The number of amides is 1. The van der Waals surface area contributed by atoms with E-state index < -0.39 is 5.97 Å². The summed E-state index contributed by atoms with van der Waals surface area (Å²) in [7, 11) is 0. The largest absolute Gasteiger partial charge is 0.462 e. The molecule has 6 heteroatoms. The maximum atomic E-state index is 12.4. The van der Waals surface area contributed by atoms with Gasteiger partial charge in [0.1, 0.15) is 10.8 Å². The highest BCUT2D eigenvalue weighted by molar-refractivity contribution is 7.17. The number of carbonyl (C=O) groups is 3. The summed E-state index contributed by atoms with van der Waals surface area (Å²) in [6, 6.07) is 8.79. The minimum Gasteiger partial charge on any atom is -0.462 e. The van der Waals surface area contributed by atoms with E-state index >= 15 is 0 Å². The van der Waals surface area contributed by atoms with Crippen LogP contribution in [0.4, 0.5) is 5.00 Å². The number of nitrogens with one attached hydrogen (secondary N) is 1. The predicted octanol–water partition coefficient (Wildman–Crippen LogP) is 3.23. The molecule has 1 amide bonds. The van der Waals surface area contributed by atoms with Crippen LogP contribution < -0.4 is 5.32 Å². The van der Waals surface area contributed by atoms with Gasteiger partial charge in [0.15, 0.2) is 0 Å². The van der Waals surface area contributed by atoms with Crippen molar-refractivity contribution in [2.75, 3.05) is 11.9 Å². The van der Waals surface area contributed by atoms with Gasteiger partial charge in [0.05, 0.1) is 12.2 Å². The predicted molar refractivity (Wildman–Crippen MR) is 91.7 cm³/mol. The van der Waals surface area contributed by atoms with Crippen molar-refractivity contribution in [3.05, 3.63) is 51.9 Å². The summed E-state index contributed by atoms with van der Waals surface area (Å²) < 4.78 is 5.14. The zero-order valence-corrected chi connectivity index (χ0v) is 14.1. The topological polar surface area (TPSA) is 72.5 Å². The van der Waals surface area contributed by atoms with Crippen LogP contribution in [0.3, 0.4) is 0 Å². The summed E-state index contributed by atoms with van der Waals surface area (Å²) in [5, 5.41) is 3.27. The molecule has 1 heterocycles. The van der Waals surface area contributed by atoms with Crippen LogP contribution in [-0.2, 0) is 22.4 Å². The van der Waals surface area contributed by atoms with E-state index in [4.69, 9.17) is 4.74 Å². The molecule has 1 aromatic heterocycles. The van der Waals surface area contributed by atoms with E-state index in [9.17, 15) is 14.4 Å². The van der Waals surface area contributed by atoms with Gasteiger partial charge in [-0.05, 0) is 31.0 Å². The molecule has 0 radical (unpaired) electrons. The maximum Gasteiger partial charge on any atom is 0.341 e. The number of esters is 1. The van der Waals surface area contributed by atoms with Crippen LogP contribution >= 0.6 is 11.3 Å². The third-order valence-corrected chi connectivity index (χ3v) is 4.99. The Balaban J connectivity index is 1.96. The second-order valence-electron chi connectivity index (χ2n) is 5.46. The summed E-state index contributed by atoms with van der Waals surface area (Å²) in [5.74, 6) is -0.584. The third-order valence-electron chi connectivity index (χ3n) is 3.84. The summed E-state index contributed by atoms with van der Waals surface area (Å²) in [5.41, 5.74) is 1.74. The van der Waals surface area contributed by atoms with Gasteiger partial charge in [0, 0.05) is 23.3 Å². The zero-order chi connectivity index (χ0) is 17.1. The lowest BCUT2D eigenvalue weighted by Gasteiger charge is -2.12. The van der Waals surface area contributed by atoms with Crippen LogP contribution in [0.5, 0.6) is 0 Å². The fraction of sp³-hybridized carbons (Fsp3) is 0.278. The second-order valence-corrected chi connectivity index (χ2v) is 6.57. The Labute approximate surface area is 143 Å². The molecular weight excluding hydrogens is 326 g/mol. The van der Waals surface area contributed by atoms with Gasteiger partial charge >= 0.3 is 5.97 Å². The van der Waals surface area contributed by atoms with Crippen LogP contribution in [-0.4, -0.2) is 24.3 Å². The van der Waals surface area contributed by atoms with Gasteiger partial charge in [-0.15, -0.1) is 11.3 Å². The van der Waals surface area contributed by atoms with Crippen molar-refractivity contribution < 1.29 is 19.1 Å². The molecule has 0 saturated carbocycles. The van der Waals surface area contributed by atoms with Gasteiger partial charge in [-0.25, -0.2) is 4.79 Å². The minimum absolute atomic E-state index is 0.153. The van der Waals surface area contributed by atoms with Crippen LogP contribution in [0.1, 0.15) is 44.5 Å². The molecule has 1 N–H and O–H groups in total. The molecule has 24 heavy (non-hydrogen) atoms. The van der Waals surface area contributed by atoms with Crippen molar-refractivity contribution in [2.45, 2.75) is 26.2 Å². The molecule has 0 atom stereocenters. The number of fused-ring (bicyclic) bond motifs is 1.